The third-order valence-corrected chi connectivity index (χ3v) is 13.9. The summed E-state index contributed by atoms with van der Waals surface area (Å²) in [4.78, 5) is 0. The maximum Gasteiger partial charge on any atom is 0.186 e. The number of ether oxygens (including phenoxy) is 3. The second-order valence-electron chi connectivity index (χ2n) is 17.9. The number of allylic oxidation sites excluding steroid dienone is 1. The topological polar surface area (TPSA) is 89.6 Å². The van der Waals surface area contributed by atoms with Crippen molar-refractivity contribution in [3.63, 3.8) is 0 Å². The highest BCUT2D eigenvalue weighted by atomic mass is 16.5. The Morgan fingerprint density at radius 2 is 1.55 bits per heavy atom. The minimum atomic E-state index is -0.0788. The van der Waals surface area contributed by atoms with Gasteiger partial charge in [-0.15, -0.1) is 0 Å². The van der Waals surface area contributed by atoms with Crippen LogP contribution >= 0.6 is 0 Å². The Labute approximate surface area is 302 Å². The van der Waals surface area contributed by atoms with E-state index in [2.05, 4.69) is 52.9 Å². The number of fused-ring (bicyclic) bond motifs is 5. The molecular formula is C43H79N3O3. The number of guanidine groups is 1. The van der Waals surface area contributed by atoms with Crippen molar-refractivity contribution < 1.29 is 14.2 Å². The van der Waals surface area contributed by atoms with Gasteiger partial charge in [0, 0.05) is 19.8 Å². The first-order chi connectivity index (χ1) is 23.6. The average Bonchev–Trinajstić information content (AvgIpc) is 3.42. The Kier molecular flexibility index (Phi) is 16.8. The number of nitrogens with two attached hydrogens (primary N) is 1. The maximum atomic E-state index is 7.64. The Morgan fingerprint density at radius 3 is 2.27 bits per heavy atom. The summed E-state index contributed by atoms with van der Waals surface area (Å²) in [6, 6.07) is -0.0788. The van der Waals surface area contributed by atoms with Gasteiger partial charge in [-0.3, -0.25) is 5.41 Å². The lowest BCUT2D eigenvalue weighted by molar-refractivity contribution is -0.0643. The van der Waals surface area contributed by atoms with Crippen LogP contribution in [0.4, 0.5) is 0 Å². The van der Waals surface area contributed by atoms with Gasteiger partial charge in [0.1, 0.15) is 0 Å². The van der Waals surface area contributed by atoms with Crippen molar-refractivity contribution in [1.29, 1.82) is 5.41 Å². The summed E-state index contributed by atoms with van der Waals surface area (Å²) in [5.41, 5.74) is 8.30. The molecule has 0 aromatic carbocycles. The quantitative estimate of drug-likeness (QED) is 0.0431. The third-order valence-electron chi connectivity index (χ3n) is 13.9. The SMILES string of the molecule is CCCCCCCCOC[C@H](COCCCCO[C@H]1CC[C@@]2(C)C(=CC[C@H]3[C@@H]4CC[C@H]([C@H](C)CCCC(C)C)[C@@]4(C)CC[C@@H]32)C1)NC(=N)N. The highest BCUT2D eigenvalue weighted by Crippen LogP contribution is 2.67. The fraction of sp³-hybridized carbons (Fsp3) is 0.930. The summed E-state index contributed by atoms with van der Waals surface area (Å²) in [6.07, 6.45) is 27.7. The molecule has 0 aromatic rings. The van der Waals surface area contributed by atoms with Crippen LogP contribution in [0.2, 0.25) is 0 Å². The second kappa shape index (κ2) is 20.2. The van der Waals surface area contributed by atoms with Crippen LogP contribution in [-0.2, 0) is 14.2 Å². The molecule has 6 nitrogen and oxygen atoms in total. The summed E-state index contributed by atoms with van der Waals surface area (Å²) < 4.78 is 18.3. The van der Waals surface area contributed by atoms with Crippen molar-refractivity contribution in [1.82, 2.24) is 5.32 Å². The van der Waals surface area contributed by atoms with Gasteiger partial charge >= 0.3 is 0 Å². The third kappa shape index (κ3) is 11.4. The Balaban J connectivity index is 1.13. The van der Waals surface area contributed by atoms with Gasteiger partial charge in [-0.05, 0) is 117 Å². The smallest absolute Gasteiger partial charge is 0.186 e. The fourth-order valence-electron chi connectivity index (χ4n) is 11.1. The van der Waals surface area contributed by atoms with E-state index in [1.165, 1.54) is 96.3 Å². The first-order valence-electron chi connectivity index (χ1n) is 21.2. The average molecular weight is 686 g/mol. The van der Waals surface area contributed by atoms with Crippen molar-refractivity contribution in [2.75, 3.05) is 33.0 Å². The molecule has 284 valence electrons. The first-order valence-corrected chi connectivity index (χ1v) is 21.2. The largest absolute Gasteiger partial charge is 0.379 e. The zero-order chi connectivity index (χ0) is 35.3. The van der Waals surface area contributed by atoms with Crippen LogP contribution in [0.5, 0.6) is 0 Å². The van der Waals surface area contributed by atoms with E-state index in [1.807, 2.05) is 0 Å². The molecule has 4 N–H and O–H groups in total. The standard InChI is InChI=1S/C43H79N3O3/c1-7-8-9-10-11-12-26-47-30-35(46-41(44)45)31-48-27-13-14-28-49-36-22-24-42(5)34(29-36)18-19-37-39-21-20-38(33(4)17-15-16-32(2)3)43(39,6)25-23-40(37)42/h18,32-33,35-40H,7-17,19-31H2,1-6H3,(H4,44,45,46)/t33-,35-,36+,37+,38-,39+,40+,42+,43-/m1/s1. The number of nitrogens with one attached hydrogen (secondary N) is 2. The molecule has 4 rings (SSSR count). The predicted molar refractivity (Wildman–Crippen MR) is 206 cm³/mol. The zero-order valence-corrected chi connectivity index (χ0v) is 33.0. The summed E-state index contributed by atoms with van der Waals surface area (Å²) in [5.74, 6) is 5.34. The van der Waals surface area contributed by atoms with Crippen molar-refractivity contribution in [3.05, 3.63) is 11.6 Å². The van der Waals surface area contributed by atoms with E-state index < -0.39 is 0 Å². The van der Waals surface area contributed by atoms with E-state index in [0.29, 0.717) is 36.8 Å². The van der Waals surface area contributed by atoms with Gasteiger partial charge in [0.2, 0.25) is 0 Å². The molecular weight excluding hydrogens is 606 g/mol. The molecule has 0 radical (unpaired) electrons. The summed E-state index contributed by atoms with van der Waals surface area (Å²) in [6.45, 7) is 18.3. The molecule has 6 heteroatoms. The minimum absolute atomic E-state index is 0.0241. The van der Waals surface area contributed by atoms with Crippen molar-refractivity contribution in [2.24, 2.45) is 52.1 Å². The van der Waals surface area contributed by atoms with Crippen molar-refractivity contribution in [3.8, 4) is 0 Å². The lowest BCUT2D eigenvalue weighted by atomic mass is 9.47. The van der Waals surface area contributed by atoms with Gasteiger partial charge in [0.15, 0.2) is 5.96 Å². The van der Waals surface area contributed by atoms with Gasteiger partial charge in [0.25, 0.3) is 0 Å². The molecule has 9 atom stereocenters. The Morgan fingerprint density at radius 1 is 0.857 bits per heavy atom. The lowest BCUT2D eigenvalue weighted by Crippen LogP contribution is -2.51. The van der Waals surface area contributed by atoms with Gasteiger partial charge in [-0.2, -0.15) is 0 Å². The van der Waals surface area contributed by atoms with Crippen LogP contribution < -0.4 is 11.1 Å². The van der Waals surface area contributed by atoms with Crippen LogP contribution in [-0.4, -0.2) is 51.1 Å². The van der Waals surface area contributed by atoms with Gasteiger partial charge < -0.3 is 25.3 Å². The van der Waals surface area contributed by atoms with Gasteiger partial charge in [-0.1, -0.05) is 105 Å². The molecule has 0 heterocycles. The molecule has 0 saturated heterocycles. The highest BCUT2D eigenvalue weighted by molar-refractivity contribution is 5.74. The Bertz CT molecular complexity index is 1000. The molecule has 4 aliphatic rings. The molecule has 0 aliphatic heterocycles. The summed E-state index contributed by atoms with van der Waals surface area (Å²) in [7, 11) is 0. The predicted octanol–water partition coefficient (Wildman–Crippen LogP) is 10.4. The highest BCUT2D eigenvalue weighted by Gasteiger charge is 2.59. The molecule has 3 saturated carbocycles. The molecule has 0 bridgehead atoms. The molecule has 0 unspecified atom stereocenters. The minimum Gasteiger partial charge on any atom is -0.379 e. The van der Waals surface area contributed by atoms with E-state index in [4.69, 9.17) is 25.4 Å². The van der Waals surface area contributed by atoms with E-state index in [9.17, 15) is 0 Å². The van der Waals surface area contributed by atoms with E-state index in [0.717, 1.165) is 74.4 Å². The van der Waals surface area contributed by atoms with Crippen LogP contribution in [0.1, 0.15) is 164 Å². The summed E-state index contributed by atoms with van der Waals surface area (Å²) >= 11 is 0. The number of hydrogen-bond donors (Lipinski definition) is 3. The number of hydrogen-bond acceptors (Lipinski definition) is 4. The van der Waals surface area contributed by atoms with Crippen LogP contribution in [0, 0.1) is 51.7 Å². The summed E-state index contributed by atoms with van der Waals surface area (Å²) in [5, 5.41) is 10.6. The first kappa shape index (κ1) is 40.7. The number of unbranched alkanes of at least 4 members (excludes halogenated alkanes) is 6. The van der Waals surface area contributed by atoms with Crippen molar-refractivity contribution in [2.45, 2.75) is 176 Å². The molecule has 0 amide bonds. The van der Waals surface area contributed by atoms with Crippen LogP contribution in [0.25, 0.3) is 0 Å². The van der Waals surface area contributed by atoms with E-state index in [1.54, 1.807) is 5.57 Å². The molecule has 0 spiro atoms. The molecule has 0 aromatic heterocycles. The zero-order valence-electron chi connectivity index (χ0n) is 33.0. The van der Waals surface area contributed by atoms with Gasteiger partial charge in [-0.25, -0.2) is 0 Å². The second-order valence-corrected chi connectivity index (χ2v) is 17.9. The normalized spacial score (nSPS) is 32.2. The fourth-order valence-corrected chi connectivity index (χ4v) is 11.1. The van der Waals surface area contributed by atoms with Gasteiger partial charge in [0.05, 0.1) is 25.4 Å². The maximum absolute atomic E-state index is 7.64. The number of rotatable bonds is 23. The molecule has 3 fully saturated rings. The lowest BCUT2D eigenvalue weighted by Gasteiger charge is -2.58. The van der Waals surface area contributed by atoms with E-state index in [-0.39, 0.29) is 12.0 Å². The van der Waals surface area contributed by atoms with Crippen molar-refractivity contribution >= 4 is 5.96 Å². The van der Waals surface area contributed by atoms with E-state index >= 15 is 0 Å². The Hall–Kier alpha value is -1.11. The molecule has 4 aliphatic carbocycles. The van der Waals surface area contributed by atoms with Crippen LogP contribution in [0.3, 0.4) is 0 Å². The monoisotopic (exact) mass is 686 g/mol. The molecule has 49 heavy (non-hydrogen) atoms. The van der Waals surface area contributed by atoms with Crippen LogP contribution in [0.15, 0.2) is 11.6 Å².